The highest BCUT2D eigenvalue weighted by molar-refractivity contribution is 6.31. The molecule has 2 heterocycles. The van der Waals surface area contributed by atoms with Crippen molar-refractivity contribution in [3.8, 4) is 0 Å². The predicted octanol–water partition coefficient (Wildman–Crippen LogP) is 2.47. The largest absolute Gasteiger partial charge is 0.478 e. The summed E-state index contributed by atoms with van der Waals surface area (Å²) >= 11 is 6.21. The Morgan fingerprint density at radius 1 is 1.45 bits per heavy atom. The van der Waals surface area contributed by atoms with Crippen LogP contribution in [0.15, 0.2) is 30.9 Å². The highest BCUT2D eigenvalue weighted by atomic mass is 35.5. The highest BCUT2D eigenvalue weighted by Gasteiger charge is 2.24. The van der Waals surface area contributed by atoms with Gasteiger partial charge in [-0.05, 0) is 37.1 Å². The van der Waals surface area contributed by atoms with E-state index >= 15 is 0 Å². The Morgan fingerprint density at radius 3 is 3.05 bits per heavy atom. The van der Waals surface area contributed by atoms with Gasteiger partial charge in [-0.1, -0.05) is 17.7 Å². The van der Waals surface area contributed by atoms with Gasteiger partial charge in [0.05, 0.1) is 11.6 Å². The number of carbonyl (C=O) groups is 1. The SMILES string of the molecule is O=C(O)c1cccc(Cl)c1CN1CCCC(n2cncn2)C1. The molecule has 0 spiro atoms. The molecule has 6 nitrogen and oxygen atoms in total. The summed E-state index contributed by atoms with van der Waals surface area (Å²) in [6.45, 7) is 2.27. The summed E-state index contributed by atoms with van der Waals surface area (Å²) in [4.78, 5) is 17.6. The van der Waals surface area contributed by atoms with Gasteiger partial charge in [-0.2, -0.15) is 5.10 Å². The number of carboxylic acid groups (broad SMARTS) is 1. The smallest absolute Gasteiger partial charge is 0.336 e. The van der Waals surface area contributed by atoms with Crippen LogP contribution in [0.25, 0.3) is 0 Å². The van der Waals surface area contributed by atoms with Crippen LogP contribution in [-0.2, 0) is 6.54 Å². The number of aromatic carboxylic acids is 1. The minimum Gasteiger partial charge on any atom is -0.478 e. The van der Waals surface area contributed by atoms with Crippen molar-refractivity contribution < 1.29 is 9.90 Å². The van der Waals surface area contributed by atoms with Crippen molar-refractivity contribution in [1.29, 1.82) is 0 Å². The number of hydrogen-bond donors (Lipinski definition) is 1. The molecular formula is C15H17ClN4O2. The van der Waals surface area contributed by atoms with Crippen LogP contribution in [0.5, 0.6) is 0 Å². The van der Waals surface area contributed by atoms with E-state index in [1.165, 1.54) is 6.33 Å². The minimum absolute atomic E-state index is 0.270. The Bertz CT molecular complexity index is 660. The molecule has 1 atom stereocenters. The molecule has 0 amide bonds. The van der Waals surface area contributed by atoms with Crippen LogP contribution in [0.4, 0.5) is 0 Å². The van der Waals surface area contributed by atoms with E-state index in [9.17, 15) is 9.90 Å². The van der Waals surface area contributed by atoms with Crippen LogP contribution >= 0.6 is 11.6 Å². The monoisotopic (exact) mass is 320 g/mol. The van der Waals surface area contributed by atoms with E-state index < -0.39 is 5.97 Å². The Kier molecular flexibility index (Phi) is 4.40. The van der Waals surface area contributed by atoms with Gasteiger partial charge in [0.2, 0.25) is 0 Å². The second kappa shape index (κ2) is 6.46. The van der Waals surface area contributed by atoms with Gasteiger partial charge in [0.25, 0.3) is 0 Å². The van der Waals surface area contributed by atoms with Crippen molar-refractivity contribution in [3.05, 3.63) is 47.0 Å². The first-order valence-corrected chi connectivity index (χ1v) is 7.60. The molecule has 2 aromatic rings. The summed E-state index contributed by atoms with van der Waals surface area (Å²) in [7, 11) is 0. The van der Waals surface area contributed by atoms with Gasteiger partial charge in [0, 0.05) is 18.1 Å². The van der Waals surface area contributed by atoms with Crippen LogP contribution in [0.2, 0.25) is 5.02 Å². The number of carboxylic acids is 1. The van der Waals surface area contributed by atoms with Crippen LogP contribution < -0.4 is 0 Å². The van der Waals surface area contributed by atoms with Gasteiger partial charge < -0.3 is 5.11 Å². The summed E-state index contributed by atoms with van der Waals surface area (Å²) in [6, 6.07) is 5.28. The lowest BCUT2D eigenvalue weighted by atomic mass is 10.0. The fourth-order valence-electron chi connectivity index (χ4n) is 2.94. The van der Waals surface area contributed by atoms with Gasteiger partial charge >= 0.3 is 5.97 Å². The average molecular weight is 321 g/mol. The summed E-state index contributed by atoms with van der Waals surface area (Å²) < 4.78 is 1.87. The van der Waals surface area contributed by atoms with Crippen LogP contribution in [-0.4, -0.2) is 43.8 Å². The van der Waals surface area contributed by atoms with E-state index in [0.29, 0.717) is 17.1 Å². The topological polar surface area (TPSA) is 71.2 Å². The van der Waals surface area contributed by atoms with Crippen LogP contribution in [0, 0.1) is 0 Å². The van der Waals surface area contributed by atoms with E-state index in [2.05, 4.69) is 15.0 Å². The maximum atomic E-state index is 11.4. The molecule has 7 heteroatoms. The number of nitrogens with zero attached hydrogens (tertiary/aromatic N) is 4. The Hall–Kier alpha value is -1.92. The molecule has 1 saturated heterocycles. The molecule has 0 radical (unpaired) electrons. The lowest BCUT2D eigenvalue weighted by Crippen LogP contribution is -2.36. The van der Waals surface area contributed by atoms with E-state index in [0.717, 1.165) is 25.9 Å². The Morgan fingerprint density at radius 2 is 2.32 bits per heavy atom. The molecule has 0 bridgehead atoms. The normalized spacial score (nSPS) is 19.2. The maximum Gasteiger partial charge on any atom is 0.336 e. The van der Waals surface area contributed by atoms with Crippen molar-refractivity contribution in [2.45, 2.75) is 25.4 Å². The van der Waals surface area contributed by atoms with Gasteiger partial charge in [0.1, 0.15) is 12.7 Å². The van der Waals surface area contributed by atoms with Crippen molar-refractivity contribution in [1.82, 2.24) is 19.7 Å². The number of piperidine rings is 1. The lowest BCUT2D eigenvalue weighted by Gasteiger charge is -2.33. The van der Waals surface area contributed by atoms with Crippen molar-refractivity contribution in [3.63, 3.8) is 0 Å². The molecule has 116 valence electrons. The third-order valence-corrected chi connectivity index (χ3v) is 4.38. The van der Waals surface area contributed by atoms with Crippen molar-refractivity contribution in [2.75, 3.05) is 13.1 Å². The number of hydrogen-bond acceptors (Lipinski definition) is 4. The molecule has 1 aliphatic rings. The van der Waals surface area contributed by atoms with Crippen molar-refractivity contribution in [2.24, 2.45) is 0 Å². The molecule has 0 saturated carbocycles. The summed E-state index contributed by atoms with van der Waals surface area (Å²) in [5, 5.41) is 14.0. The van der Waals surface area contributed by atoms with E-state index in [1.54, 1.807) is 24.5 Å². The maximum absolute atomic E-state index is 11.4. The molecule has 1 aromatic heterocycles. The highest BCUT2D eigenvalue weighted by Crippen LogP contribution is 2.26. The molecule has 0 aliphatic carbocycles. The number of aromatic nitrogens is 3. The number of rotatable bonds is 4. The number of likely N-dealkylation sites (tertiary alicyclic amines) is 1. The van der Waals surface area contributed by atoms with Gasteiger partial charge in [-0.15, -0.1) is 0 Å². The van der Waals surface area contributed by atoms with Crippen LogP contribution in [0.1, 0.15) is 34.8 Å². The lowest BCUT2D eigenvalue weighted by molar-refractivity contribution is 0.0693. The molecule has 1 N–H and O–H groups in total. The number of benzene rings is 1. The fourth-order valence-corrected chi connectivity index (χ4v) is 3.17. The summed E-state index contributed by atoms with van der Waals surface area (Å²) in [5.74, 6) is -0.942. The second-order valence-electron chi connectivity index (χ2n) is 5.48. The Labute approximate surface area is 133 Å². The summed E-state index contributed by atoms with van der Waals surface area (Å²) in [5.41, 5.74) is 0.950. The van der Waals surface area contributed by atoms with Gasteiger partial charge in [-0.25, -0.2) is 14.5 Å². The van der Waals surface area contributed by atoms with Gasteiger partial charge in [0.15, 0.2) is 0 Å². The van der Waals surface area contributed by atoms with E-state index in [-0.39, 0.29) is 11.6 Å². The minimum atomic E-state index is -0.942. The molecule has 3 rings (SSSR count). The molecule has 22 heavy (non-hydrogen) atoms. The first-order valence-electron chi connectivity index (χ1n) is 7.22. The van der Waals surface area contributed by atoms with E-state index in [4.69, 9.17) is 11.6 Å². The van der Waals surface area contributed by atoms with E-state index in [1.807, 2.05) is 4.68 Å². The molecule has 1 aromatic carbocycles. The van der Waals surface area contributed by atoms with Gasteiger partial charge in [-0.3, -0.25) is 4.90 Å². The molecule has 1 aliphatic heterocycles. The number of halogens is 1. The third kappa shape index (κ3) is 3.13. The molecule has 1 fully saturated rings. The first-order chi connectivity index (χ1) is 10.6. The zero-order valence-electron chi connectivity index (χ0n) is 12.0. The Balaban J connectivity index is 1.77. The average Bonchev–Trinajstić information content (AvgIpc) is 3.04. The summed E-state index contributed by atoms with van der Waals surface area (Å²) in [6.07, 6.45) is 5.35. The zero-order valence-corrected chi connectivity index (χ0v) is 12.8. The van der Waals surface area contributed by atoms with Crippen molar-refractivity contribution >= 4 is 17.6 Å². The third-order valence-electron chi connectivity index (χ3n) is 4.02. The standard InChI is InChI=1S/C15H17ClN4O2/c16-14-5-1-4-12(15(21)22)13(14)8-19-6-2-3-11(7-19)20-10-17-9-18-20/h1,4-5,9-11H,2-3,6-8H2,(H,21,22). The van der Waals surface area contributed by atoms with Crippen LogP contribution in [0.3, 0.4) is 0 Å². The fraction of sp³-hybridized carbons (Fsp3) is 0.400. The second-order valence-corrected chi connectivity index (χ2v) is 5.88. The molecule has 1 unspecified atom stereocenters. The molecular weight excluding hydrogens is 304 g/mol. The first kappa shape index (κ1) is 15.0. The zero-order chi connectivity index (χ0) is 15.5. The quantitative estimate of drug-likeness (QED) is 0.937. The predicted molar refractivity (Wildman–Crippen MR) is 82.0 cm³/mol.